The third-order valence-electron chi connectivity index (χ3n) is 3.71. The van der Waals surface area contributed by atoms with Crippen molar-refractivity contribution in [3.63, 3.8) is 0 Å². The van der Waals surface area contributed by atoms with Crippen LogP contribution in [0.1, 0.15) is 23.9 Å². The third-order valence-corrected chi connectivity index (χ3v) is 3.71. The van der Waals surface area contributed by atoms with Crippen LogP contribution in [0.3, 0.4) is 0 Å². The number of nitrogens with zero attached hydrogens (tertiary/aromatic N) is 4. The number of hydrogen-bond acceptors (Lipinski definition) is 5. The predicted octanol–water partition coefficient (Wildman–Crippen LogP) is 2.40. The zero-order valence-corrected chi connectivity index (χ0v) is 14.3. The molecule has 2 aromatic heterocycles. The van der Waals surface area contributed by atoms with Crippen LogP contribution in [-0.2, 0) is 23.9 Å². The van der Waals surface area contributed by atoms with Crippen molar-refractivity contribution < 1.29 is 22.7 Å². The van der Waals surface area contributed by atoms with E-state index in [-0.39, 0.29) is 18.5 Å². The summed E-state index contributed by atoms with van der Waals surface area (Å²) < 4.78 is 45.2. The highest BCUT2D eigenvalue weighted by molar-refractivity contribution is 5.78. The first-order chi connectivity index (χ1) is 12.9. The summed E-state index contributed by atoms with van der Waals surface area (Å²) in [6.07, 6.45) is -1.47. The van der Waals surface area contributed by atoms with Gasteiger partial charge in [-0.05, 0) is 18.6 Å². The summed E-state index contributed by atoms with van der Waals surface area (Å²) in [5, 5.41) is 10.6. The lowest BCUT2D eigenvalue weighted by Gasteiger charge is -2.09. The lowest BCUT2D eigenvalue weighted by Crippen LogP contribution is -2.25. The van der Waals surface area contributed by atoms with Crippen molar-refractivity contribution in [2.75, 3.05) is 6.61 Å². The van der Waals surface area contributed by atoms with E-state index in [4.69, 9.17) is 4.74 Å². The van der Waals surface area contributed by atoms with Crippen LogP contribution in [0.5, 0.6) is 5.88 Å². The fourth-order valence-corrected chi connectivity index (χ4v) is 2.49. The lowest BCUT2D eigenvalue weighted by molar-refractivity contribution is -0.137. The Hall–Kier alpha value is -3.17. The zero-order valence-electron chi connectivity index (χ0n) is 14.3. The largest absolute Gasteiger partial charge is 0.475 e. The Bertz CT molecular complexity index is 955. The van der Waals surface area contributed by atoms with Crippen LogP contribution >= 0.6 is 0 Å². The molecule has 0 saturated carbocycles. The number of aromatic nitrogens is 4. The number of amides is 1. The molecular formula is C17H16F3N5O2. The number of carbonyl (C=O) groups is 1. The van der Waals surface area contributed by atoms with Gasteiger partial charge in [0.1, 0.15) is 0 Å². The van der Waals surface area contributed by atoms with Gasteiger partial charge in [0, 0.05) is 12.4 Å². The van der Waals surface area contributed by atoms with E-state index in [1.54, 1.807) is 10.6 Å². The smallest absolute Gasteiger partial charge is 0.416 e. The molecule has 1 amide bonds. The molecule has 1 aromatic carbocycles. The number of alkyl halides is 3. The quantitative estimate of drug-likeness (QED) is 0.711. The van der Waals surface area contributed by atoms with Gasteiger partial charge in [0.15, 0.2) is 5.82 Å². The summed E-state index contributed by atoms with van der Waals surface area (Å²) in [5.74, 6) is 0.352. The van der Waals surface area contributed by atoms with E-state index in [2.05, 4.69) is 20.5 Å². The average Bonchev–Trinajstić information content (AvgIpc) is 3.04. The van der Waals surface area contributed by atoms with Crippen LogP contribution in [0, 0.1) is 0 Å². The SMILES string of the molecule is CCOc1nccn2c(CNC(=O)Cc3cccc(C(F)(F)F)c3)nnc12. The molecule has 1 N–H and O–H groups in total. The molecule has 0 atom stereocenters. The molecule has 0 spiro atoms. The molecule has 0 aliphatic rings. The van der Waals surface area contributed by atoms with E-state index >= 15 is 0 Å². The fourth-order valence-electron chi connectivity index (χ4n) is 2.49. The zero-order chi connectivity index (χ0) is 19.4. The van der Waals surface area contributed by atoms with Gasteiger partial charge in [0.25, 0.3) is 5.88 Å². The number of carbonyl (C=O) groups excluding carboxylic acids is 1. The van der Waals surface area contributed by atoms with Crippen molar-refractivity contribution in [3.05, 3.63) is 53.6 Å². The number of rotatable bonds is 6. The minimum atomic E-state index is -4.45. The van der Waals surface area contributed by atoms with Gasteiger partial charge < -0.3 is 10.1 Å². The van der Waals surface area contributed by atoms with Gasteiger partial charge in [0.05, 0.1) is 25.1 Å². The van der Waals surface area contributed by atoms with Gasteiger partial charge in [-0.1, -0.05) is 18.2 Å². The number of hydrogen-bond donors (Lipinski definition) is 1. The van der Waals surface area contributed by atoms with Gasteiger partial charge in [-0.3, -0.25) is 9.20 Å². The Morgan fingerprint density at radius 3 is 2.85 bits per heavy atom. The van der Waals surface area contributed by atoms with Crippen molar-refractivity contribution in [1.82, 2.24) is 24.9 Å². The molecule has 7 nitrogen and oxygen atoms in total. The van der Waals surface area contributed by atoms with Crippen LogP contribution in [0.4, 0.5) is 13.2 Å². The molecule has 2 heterocycles. The minimum absolute atomic E-state index is 0.0640. The standard InChI is InChI=1S/C17H16F3N5O2/c1-2-27-16-15-24-23-13(25(15)7-6-21-16)10-22-14(26)9-11-4-3-5-12(8-11)17(18,19)20/h3-8H,2,9-10H2,1H3,(H,22,26). The summed E-state index contributed by atoms with van der Waals surface area (Å²) in [6, 6.07) is 4.68. The van der Waals surface area contributed by atoms with E-state index in [1.165, 1.54) is 18.3 Å². The first kappa shape index (κ1) is 18.6. The Labute approximate surface area is 152 Å². The Morgan fingerprint density at radius 2 is 2.11 bits per heavy atom. The molecule has 0 unspecified atom stereocenters. The molecule has 0 saturated heterocycles. The Morgan fingerprint density at radius 1 is 1.30 bits per heavy atom. The van der Waals surface area contributed by atoms with Gasteiger partial charge in [-0.2, -0.15) is 13.2 Å². The minimum Gasteiger partial charge on any atom is -0.475 e. The van der Waals surface area contributed by atoms with Gasteiger partial charge >= 0.3 is 6.18 Å². The van der Waals surface area contributed by atoms with Gasteiger partial charge in [0.2, 0.25) is 11.6 Å². The third kappa shape index (κ3) is 4.33. The van der Waals surface area contributed by atoms with Gasteiger partial charge in [-0.15, -0.1) is 10.2 Å². The van der Waals surface area contributed by atoms with E-state index in [0.717, 1.165) is 12.1 Å². The molecule has 27 heavy (non-hydrogen) atoms. The molecule has 0 fully saturated rings. The van der Waals surface area contributed by atoms with Crippen molar-refractivity contribution in [2.45, 2.75) is 26.1 Å². The van der Waals surface area contributed by atoms with Crippen LogP contribution in [-0.4, -0.2) is 32.1 Å². The summed E-state index contributed by atoms with van der Waals surface area (Å²) in [7, 11) is 0. The number of fused-ring (bicyclic) bond motifs is 1. The summed E-state index contributed by atoms with van der Waals surface area (Å²) in [6.45, 7) is 2.30. The average molecular weight is 379 g/mol. The molecule has 0 aliphatic heterocycles. The lowest BCUT2D eigenvalue weighted by atomic mass is 10.1. The van der Waals surface area contributed by atoms with E-state index in [0.29, 0.717) is 24.0 Å². The van der Waals surface area contributed by atoms with Crippen LogP contribution in [0.2, 0.25) is 0 Å². The second kappa shape index (κ2) is 7.60. The predicted molar refractivity (Wildman–Crippen MR) is 88.9 cm³/mol. The second-order valence-corrected chi connectivity index (χ2v) is 5.63. The molecule has 0 bridgehead atoms. The first-order valence-corrected chi connectivity index (χ1v) is 8.12. The first-order valence-electron chi connectivity index (χ1n) is 8.12. The maximum Gasteiger partial charge on any atom is 0.416 e. The van der Waals surface area contributed by atoms with Crippen LogP contribution < -0.4 is 10.1 Å². The molecule has 142 valence electrons. The molecule has 0 aliphatic carbocycles. The number of benzene rings is 1. The highest BCUT2D eigenvalue weighted by atomic mass is 19.4. The second-order valence-electron chi connectivity index (χ2n) is 5.63. The van der Waals surface area contributed by atoms with E-state index in [1.807, 2.05) is 6.92 Å². The number of nitrogens with one attached hydrogen (secondary N) is 1. The van der Waals surface area contributed by atoms with Crippen molar-refractivity contribution in [3.8, 4) is 5.88 Å². The monoisotopic (exact) mass is 379 g/mol. The number of halogens is 3. The normalized spacial score (nSPS) is 11.6. The molecular weight excluding hydrogens is 363 g/mol. The summed E-state index contributed by atoms with van der Waals surface area (Å²) in [4.78, 5) is 16.2. The van der Waals surface area contributed by atoms with Crippen molar-refractivity contribution in [2.24, 2.45) is 0 Å². The van der Waals surface area contributed by atoms with Crippen LogP contribution in [0.25, 0.3) is 5.65 Å². The Balaban J connectivity index is 1.66. The maximum atomic E-state index is 12.7. The molecule has 3 aromatic rings. The molecule has 0 radical (unpaired) electrons. The molecule has 10 heteroatoms. The van der Waals surface area contributed by atoms with Gasteiger partial charge in [-0.25, -0.2) is 4.98 Å². The number of ether oxygens (including phenoxy) is 1. The summed E-state index contributed by atoms with van der Waals surface area (Å²) >= 11 is 0. The Kier molecular flexibility index (Phi) is 5.24. The fraction of sp³-hybridized carbons (Fsp3) is 0.294. The summed E-state index contributed by atoms with van der Waals surface area (Å²) in [5.41, 5.74) is -0.0926. The van der Waals surface area contributed by atoms with E-state index in [9.17, 15) is 18.0 Å². The van der Waals surface area contributed by atoms with Crippen molar-refractivity contribution in [1.29, 1.82) is 0 Å². The van der Waals surface area contributed by atoms with Crippen molar-refractivity contribution >= 4 is 11.6 Å². The van der Waals surface area contributed by atoms with Crippen LogP contribution in [0.15, 0.2) is 36.7 Å². The highest BCUT2D eigenvalue weighted by Gasteiger charge is 2.30. The topological polar surface area (TPSA) is 81.4 Å². The maximum absolute atomic E-state index is 12.7. The van der Waals surface area contributed by atoms with E-state index < -0.39 is 17.6 Å². The highest BCUT2D eigenvalue weighted by Crippen LogP contribution is 2.29. The molecule has 3 rings (SSSR count).